The molecular formula is C28H38BrN3O6. The first kappa shape index (κ1) is 28.6. The largest absolute Gasteiger partial charge is 0.466 e. The summed E-state index contributed by atoms with van der Waals surface area (Å²) in [4.78, 5) is 46.4. The summed E-state index contributed by atoms with van der Waals surface area (Å²) in [6, 6.07) is 6.07. The molecule has 0 radical (unpaired) electrons. The van der Waals surface area contributed by atoms with Crippen molar-refractivity contribution in [2.75, 3.05) is 42.6 Å². The van der Waals surface area contributed by atoms with E-state index in [9.17, 15) is 19.5 Å². The van der Waals surface area contributed by atoms with E-state index in [4.69, 9.17) is 9.47 Å². The van der Waals surface area contributed by atoms with Gasteiger partial charge in [0.1, 0.15) is 11.6 Å². The fourth-order valence-electron chi connectivity index (χ4n) is 6.45. The third-order valence-electron chi connectivity index (χ3n) is 8.13. The van der Waals surface area contributed by atoms with E-state index in [-0.39, 0.29) is 36.4 Å². The first-order valence-corrected chi connectivity index (χ1v) is 14.3. The summed E-state index contributed by atoms with van der Waals surface area (Å²) in [5, 5.41) is 10.1. The van der Waals surface area contributed by atoms with Gasteiger partial charge in [0, 0.05) is 35.8 Å². The first-order chi connectivity index (χ1) is 18.2. The van der Waals surface area contributed by atoms with Gasteiger partial charge in [0.15, 0.2) is 0 Å². The molecule has 3 unspecified atom stereocenters. The van der Waals surface area contributed by atoms with E-state index in [1.807, 2.05) is 24.3 Å². The molecule has 4 rings (SSSR count). The minimum absolute atomic E-state index is 0.179. The van der Waals surface area contributed by atoms with E-state index in [0.29, 0.717) is 12.1 Å². The van der Waals surface area contributed by atoms with Gasteiger partial charge in [0.25, 0.3) is 5.91 Å². The molecule has 7 atom stereocenters. The van der Waals surface area contributed by atoms with Crippen LogP contribution in [0.25, 0.3) is 0 Å². The van der Waals surface area contributed by atoms with Gasteiger partial charge in [-0.2, -0.15) is 0 Å². The second-order valence-corrected chi connectivity index (χ2v) is 11.3. The number of anilines is 2. The van der Waals surface area contributed by atoms with Crippen LogP contribution in [0.1, 0.15) is 34.1 Å². The monoisotopic (exact) mass is 591 g/mol. The summed E-state index contributed by atoms with van der Waals surface area (Å²) in [5.41, 5.74) is 0.501. The number of esters is 1. The number of likely N-dealkylation sites (tertiary alicyclic amines) is 1. The molecule has 1 N–H and O–H groups in total. The Kier molecular flexibility index (Phi) is 8.54. The molecule has 3 saturated heterocycles. The van der Waals surface area contributed by atoms with E-state index in [1.54, 1.807) is 24.8 Å². The maximum absolute atomic E-state index is 14.5. The van der Waals surface area contributed by atoms with Gasteiger partial charge in [-0.05, 0) is 58.4 Å². The third kappa shape index (κ3) is 4.44. The summed E-state index contributed by atoms with van der Waals surface area (Å²) in [5.74, 6) is -2.88. The SMILES string of the molecule is C=CCN(C(=O)C1N([C@H](C)CO)C(=O)[C@@H]2[C@H](C(=O)OCC)[C@H]3OC12CC3Br)c1ccc(N(CC)CC)cc1. The van der Waals surface area contributed by atoms with E-state index >= 15 is 0 Å². The molecule has 2 bridgehead atoms. The van der Waals surface area contributed by atoms with Crippen LogP contribution in [0.5, 0.6) is 0 Å². The van der Waals surface area contributed by atoms with Crippen LogP contribution in [-0.2, 0) is 23.9 Å². The van der Waals surface area contributed by atoms with Crippen molar-refractivity contribution in [2.24, 2.45) is 11.8 Å². The number of aliphatic hydroxyl groups excluding tert-OH is 1. The number of rotatable bonds is 11. The van der Waals surface area contributed by atoms with Crippen molar-refractivity contribution in [1.82, 2.24) is 4.90 Å². The molecule has 3 aliphatic rings. The topological polar surface area (TPSA) is 99.6 Å². The van der Waals surface area contributed by atoms with Crippen LogP contribution in [-0.4, -0.2) is 89.3 Å². The normalized spacial score (nSPS) is 30.2. The fourth-order valence-corrected chi connectivity index (χ4v) is 7.39. The predicted molar refractivity (Wildman–Crippen MR) is 148 cm³/mol. The van der Waals surface area contributed by atoms with Crippen molar-refractivity contribution in [1.29, 1.82) is 0 Å². The molecule has 0 aromatic heterocycles. The summed E-state index contributed by atoms with van der Waals surface area (Å²) in [6.07, 6.45) is 1.45. The fraction of sp³-hybridized carbons (Fsp3) is 0.607. The van der Waals surface area contributed by atoms with Crippen molar-refractivity contribution in [2.45, 2.75) is 62.7 Å². The average molecular weight is 593 g/mol. The zero-order valence-corrected chi connectivity index (χ0v) is 24.1. The number of carbonyl (C=O) groups is 3. The number of fused-ring (bicyclic) bond motifs is 1. The Bertz CT molecular complexity index is 1060. The summed E-state index contributed by atoms with van der Waals surface area (Å²) in [7, 11) is 0. The van der Waals surface area contributed by atoms with E-state index in [1.165, 1.54) is 4.90 Å². The van der Waals surface area contributed by atoms with Gasteiger partial charge in [-0.15, -0.1) is 6.58 Å². The highest BCUT2D eigenvalue weighted by Crippen LogP contribution is 2.60. The lowest BCUT2D eigenvalue weighted by atomic mass is 9.70. The number of carbonyl (C=O) groups excluding carboxylic acids is 3. The third-order valence-corrected chi connectivity index (χ3v) is 8.97. The quantitative estimate of drug-likeness (QED) is 0.240. The second-order valence-electron chi connectivity index (χ2n) is 10.1. The molecule has 1 spiro atoms. The Labute approximate surface area is 232 Å². The van der Waals surface area contributed by atoms with Gasteiger partial charge < -0.3 is 29.3 Å². The van der Waals surface area contributed by atoms with Crippen molar-refractivity contribution in [3.63, 3.8) is 0 Å². The van der Waals surface area contributed by atoms with Crippen LogP contribution in [0.2, 0.25) is 0 Å². The Morgan fingerprint density at radius 3 is 2.45 bits per heavy atom. The number of alkyl halides is 1. The number of hydrogen-bond acceptors (Lipinski definition) is 7. The molecule has 3 aliphatic heterocycles. The van der Waals surface area contributed by atoms with Crippen LogP contribution in [0.15, 0.2) is 36.9 Å². The number of aliphatic hydroxyl groups is 1. The first-order valence-electron chi connectivity index (χ1n) is 13.4. The molecule has 10 heteroatoms. The summed E-state index contributed by atoms with van der Waals surface area (Å²) >= 11 is 3.65. The van der Waals surface area contributed by atoms with Gasteiger partial charge in [-0.1, -0.05) is 22.0 Å². The van der Waals surface area contributed by atoms with Crippen LogP contribution >= 0.6 is 15.9 Å². The van der Waals surface area contributed by atoms with Gasteiger partial charge in [-0.3, -0.25) is 14.4 Å². The number of nitrogens with zero attached hydrogens (tertiary/aromatic N) is 3. The molecule has 3 heterocycles. The molecule has 0 saturated carbocycles. The highest BCUT2D eigenvalue weighted by Gasteiger charge is 2.77. The maximum Gasteiger partial charge on any atom is 0.312 e. The maximum atomic E-state index is 14.5. The Morgan fingerprint density at radius 1 is 1.26 bits per heavy atom. The Balaban J connectivity index is 1.77. The summed E-state index contributed by atoms with van der Waals surface area (Å²) < 4.78 is 11.8. The lowest BCUT2D eigenvalue weighted by Crippen LogP contribution is -2.58. The van der Waals surface area contributed by atoms with E-state index in [0.717, 1.165) is 18.8 Å². The zero-order valence-electron chi connectivity index (χ0n) is 22.5. The lowest BCUT2D eigenvalue weighted by Gasteiger charge is -2.38. The van der Waals surface area contributed by atoms with Crippen molar-refractivity contribution >= 4 is 45.1 Å². The predicted octanol–water partition coefficient (Wildman–Crippen LogP) is 2.74. The minimum atomic E-state index is -1.21. The zero-order chi connectivity index (χ0) is 27.8. The van der Waals surface area contributed by atoms with Gasteiger partial charge in [-0.25, -0.2) is 0 Å². The highest BCUT2D eigenvalue weighted by molar-refractivity contribution is 9.09. The second kappa shape index (κ2) is 11.4. The molecule has 2 amide bonds. The van der Waals surface area contributed by atoms with Crippen LogP contribution < -0.4 is 9.80 Å². The molecule has 1 aromatic rings. The minimum Gasteiger partial charge on any atom is -0.466 e. The number of benzene rings is 1. The highest BCUT2D eigenvalue weighted by atomic mass is 79.9. The molecule has 38 heavy (non-hydrogen) atoms. The molecule has 0 aliphatic carbocycles. The Morgan fingerprint density at radius 2 is 1.89 bits per heavy atom. The number of ether oxygens (including phenoxy) is 2. The van der Waals surface area contributed by atoms with Gasteiger partial charge in [0.05, 0.1) is 37.2 Å². The van der Waals surface area contributed by atoms with E-state index in [2.05, 4.69) is 41.3 Å². The lowest BCUT2D eigenvalue weighted by molar-refractivity contribution is -0.155. The standard InChI is InChI=1S/C28H38BrN3O6/c1-6-14-31(19-12-10-18(11-13-19)30(7-2)8-3)26(35)24-28-15-20(29)23(38-28)21(27(36)37-9-4)22(28)25(34)32(24)17(5)16-33/h6,10-13,17,20-24,33H,1,7-9,14-16H2,2-5H3/t17-,20?,21+,22+,23+,24?,28?/m1/s1. The van der Waals surface area contributed by atoms with Crippen LogP contribution in [0.3, 0.4) is 0 Å². The van der Waals surface area contributed by atoms with E-state index < -0.39 is 41.6 Å². The van der Waals surface area contributed by atoms with Crippen LogP contribution in [0.4, 0.5) is 11.4 Å². The Hall–Kier alpha value is -2.43. The van der Waals surface area contributed by atoms with Crippen molar-refractivity contribution in [3.8, 4) is 0 Å². The van der Waals surface area contributed by atoms with Crippen molar-refractivity contribution in [3.05, 3.63) is 36.9 Å². The molecule has 3 fully saturated rings. The number of hydrogen-bond donors (Lipinski definition) is 1. The molecule has 1 aromatic carbocycles. The summed E-state index contributed by atoms with van der Waals surface area (Å²) in [6.45, 7) is 13.2. The smallest absolute Gasteiger partial charge is 0.312 e. The van der Waals surface area contributed by atoms with Crippen LogP contribution in [0, 0.1) is 11.8 Å². The average Bonchev–Trinajstić information content (AvgIpc) is 3.51. The van der Waals surface area contributed by atoms with Gasteiger partial charge in [0.2, 0.25) is 5.91 Å². The molecule has 208 valence electrons. The molecule has 9 nitrogen and oxygen atoms in total. The van der Waals surface area contributed by atoms with Crippen molar-refractivity contribution < 1.29 is 29.0 Å². The van der Waals surface area contributed by atoms with Gasteiger partial charge >= 0.3 is 5.97 Å². The number of halogens is 1. The molecular weight excluding hydrogens is 554 g/mol. The number of amides is 2.